The summed E-state index contributed by atoms with van der Waals surface area (Å²) in [6, 6.07) is 18.6. The minimum absolute atomic E-state index is 0. The fourth-order valence-electron chi connectivity index (χ4n) is 1.35. The first-order valence-corrected chi connectivity index (χ1v) is 4.53. The van der Waals surface area contributed by atoms with E-state index in [1.165, 1.54) is 0 Å². The normalized spacial score (nSPS) is 8.00. The van der Waals surface area contributed by atoms with E-state index in [4.69, 9.17) is 0 Å². The Bertz CT molecular complexity index is 387. The van der Waals surface area contributed by atoms with Crippen molar-refractivity contribution < 1.29 is 4.79 Å². The number of ketones is 1. The number of hydrogen-bond acceptors (Lipinski definition) is 1. The van der Waals surface area contributed by atoms with E-state index in [1.54, 1.807) is 0 Å². The van der Waals surface area contributed by atoms with Crippen LogP contribution in [0.2, 0.25) is 0 Å². The molecule has 0 aliphatic carbocycles. The Morgan fingerprint density at radius 1 is 0.588 bits per heavy atom. The largest absolute Gasteiger partial charge is 0.289 e. The van der Waals surface area contributed by atoms with E-state index in [9.17, 15) is 4.79 Å². The van der Waals surface area contributed by atoms with Crippen LogP contribution < -0.4 is 0 Å². The highest BCUT2D eigenvalue weighted by Gasteiger charge is 2.06. The van der Waals surface area contributed by atoms with E-state index in [1.807, 2.05) is 60.7 Å². The number of hydrogen-bond donors (Lipinski definition) is 0. The maximum absolute atomic E-state index is 11.8. The average Bonchev–Trinajstić information content (AvgIpc) is 2.30. The molecule has 1 nitrogen and oxygen atoms in total. The molecule has 0 bridgehead atoms. The van der Waals surface area contributed by atoms with Gasteiger partial charge in [0.05, 0.1) is 0 Å². The predicted molar refractivity (Wildman–Crippen MR) is 78.1 cm³/mol. The molecule has 0 N–H and O–H groups in total. The molecule has 0 unspecified atom stereocenters. The van der Waals surface area contributed by atoms with Crippen LogP contribution in [-0.2, 0) is 0 Å². The van der Waals surface area contributed by atoms with Gasteiger partial charge in [0.1, 0.15) is 0 Å². The minimum Gasteiger partial charge on any atom is -0.289 e. The van der Waals surface area contributed by atoms with Crippen LogP contribution in [-0.4, -0.2) is 5.78 Å². The van der Waals surface area contributed by atoms with Crippen molar-refractivity contribution in [2.45, 2.75) is 0 Å². The smallest absolute Gasteiger partial charge is 0.193 e. The molecular weight excluding hydrogens is 279 g/mol. The second kappa shape index (κ2) is 9.06. The molecule has 0 heterocycles. The molecule has 2 aromatic carbocycles. The molecule has 0 saturated carbocycles. The van der Waals surface area contributed by atoms with Gasteiger partial charge in [-0.15, -0.1) is 37.2 Å². The summed E-state index contributed by atoms with van der Waals surface area (Å²) in [6.45, 7) is 0. The lowest BCUT2D eigenvalue weighted by Gasteiger charge is -1.99. The summed E-state index contributed by atoms with van der Waals surface area (Å²) in [7, 11) is 0. The van der Waals surface area contributed by atoms with Crippen molar-refractivity contribution in [3.63, 3.8) is 0 Å². The van der Waals surface area contributed by atoms with E-state index in [2.05, 4.69) is 0 Å². The monoisotopic (exact) mass is 290 g/mol. The van der Waals surface area contributed by atoms with Gasteiger partial charge >= 0.3 is 0 Å². The van der Waals surface area contributed by atoms with Gasteiger partial charge in [0.2, 0.25) is 0 Å². The highest BCUT2D eigenvalue weighted by Crippen LogP contribution is 2.08. The second-order valence-electron chi connectivity index (χ2n) is 3.06. The molecular formula is C13H13Cl3O. The van der Waals surface area contributed by atoms with E-state index in [0.717, 1.165) is 11.1 Å². The summed E-state index contributed by atoms with van der Waals surface area (Å²) >= 11 is 0. The Kier molecular flexibility index (Phi) is 9.77. The summed E-state index contributed by atoms with van der Waals surface area (Å²) in [6.07, 6.45) is 0. The summed E-state index contributed by atoms with van der Waals surface area (Å²) in [5.74, 6) is 0.0752. The molecule has 0 atom stereocenters. The van der Waals surface area contributed by atoms with Crippen LogP contribution in [0.4, 0.5) is 0 Å². The second-order valence-corrected chi connectivity index (χ2v) is 3.06. The zero-order chi connectivity index (χ0) is 9.80. The Morgan fingerprint density at radius 2 is 0.882 bits per heavy atom. The van der Waals surface area contributed by atoms with Crippen molar-refractivity contribution >= 4 is 43.0 Å². The van der Waals surface area contributed by atoms with Crippen LogP contribution in [0.25, 0.3) is 0 Å². The Balaban J connectivity index is 0. The lowest BCUT2D eigenvalue weighted by atomic mass is 10.0. The SMILES string of the molecule is Cl.Cl.Cl.O=C(c1ccccc1)c1ccccc1. The minimum atomic E-state index is 0. The number of carbonyl (C=O) groups is 1. The summed E-state index contributed by atoms with van der Waals surface area (Å²) in [4.78, 5) is 11.8. The topological polar surface area (TPSA) is 17.1 Å². The first-order valence-electron chi connectivity index (χ1n) is 4.53. The van der Waals surface area contributed by atoms with E-state index in [0.29, 0.717) is 0 Å². The third-order valence-electron chi connectivity index (χ3n) is 2.07. The van der Waals surface area contributed by atoms with Gasteiger partial charge in [0.15, 0.2) is 5.78 Å². The first kappa shape index (κ1) is 18.3. The average molecular weight is 292 g/mol. The Hall–Kier alpha value is -1.02. The Labute approximate surface area is 119 Å². The molecule has 92 valence electrons. The van der Waals surface area contributed by atoms with Gasteiger partial charge in [-0.3, -0.25) is 4.79 Å². The van der Waals surface area contributed by atoms with Crippen LogP contribution in [0.15, 0.2) is 60.7 Å². The molecule has 0 saturated heterocycles. The lowest BCUT2D eigenvalue weighted by molar-refractivity contribution is 0.103. The van der Waals surface area contributed by atoms with Crippen LogP contribution in [0.5, 0.6) is 0 Å². The summed E-state index contributed by atoms with van der Waals surface area (Å²) in [5.41, 5.74) is 1.47. The molecule has 0 spiro atoms. The highest BCUT2D eigenvalue weighted by molar-refractivity contribution is 6.08. The zero-order valence-corrected chi connectivity index (χ0v) is 11.4. The molecule has 4 heteroatoms. The molecule has 2 rings (SSSR count). The third-order valence-corrected chi connectivity index (χ3v) is 2.07. The van der Waals surface area contributed by atoms with Gasteiger partial charge in [-0.2, -0.15) is 0 Å². The predicted octanol–water partition coefficient (Wildman–Crippen LogP) is 4.18. The van der Waals surface area contributed by atoms with Gasteiger partial charge in [-0.05, 0) is 0 Å². The van der Waals surface area contributed by atoms with Crippen molar-refractivity contribution in [3.8, 4) is 0 Å². The van der Waals surface area contributed by atoms with Crippen LogP contribution >= 0.6 is 37.2 Å². The standard InChI is InChI=1S/C13H10O.3ClH/c14-13(11-7-3-1-4-8-11)12-9-5-2-6-10-12;;;/h1-10H;3*1H. The fourth-order valence-corrected chi connectivity index (χ4v) is 1.35. The molecule has 0 aliphatic rings. The lowest BCUT2D eigenvalue weighted by Crippen LogP contribution is -1.99. The van der Waals surface area contributed by atoms with E-state index in [-0.39, 0.29) is 43.0 Å². The van der Waals surface area contributed by atoms with Crippen molar-refractivity contribution in [2.24, 2.45) is 0 Å². The van der Waals surface area contributed by atoms with Gasteiger partial charge in [0, 0.05) is 11.1 Å². The number of rotatable bonds is 2. The molecule has 17 heavy (non-hydrogen) atoms. The van der Waals surface area contributed by atoms with Gasteiger partial charge < -0.3 is 0 Å². The third kappa shape index (κ3) is 4.78. The molecule has 0 fully saturated rings. The maximum Gasteiger partial charge on any atom is 0.193 e. The quantitative estimate of drug-likeness (QED) is 0.759. The van der Waals surface area contributed by atoms with Crippen LogP contribution in [0.1, 0.15) is 15.9 Å². The van der Waals surface area contributed by atoms with E-state index >= 15 is 0 Å². The van der Waals surface area contributed by atoms with Crippen molar-refractivity contribution in [1.82, 2.24) is 0 Å². The number of halogens is 3. The zero-order valence-electron chi connectivity index (χ0n) is 8.91. The Morgan fingerprint density at radius 3 is 1.18 bits per heavy atom. The van der Waals surface area contributed by atoms with E-state index < -0.39 is 0 Å². The van der Waals surface area contributed by atoms with Gasteiger partial charge in [-0.1, -0.05) is 60.7 Å². The maximum atomic E-state index is 11.8. The molecule has 0 aromatic heterocycles. The number of benzene rings is 2. The molecule has 2 aromatic rings. The fraction of sp³-hybridized carbons (Fsp3) is 0. The molecule has 0 aliphatic heterocycles. The van der Waals surface area contributed by atoms with Crippen molar-refractivity contribution in [3.05, 3.63) is 71.8 Å². The summed E-state index contributed by atoms with van der Waals surface area (Å²) in [5, 5.41) is 0. The van der Waals surface area contributed by atoms with Gasteiger partial charge in [0.25, 0.3) is 0 Å². The number of carbonyl (C=O) groups excluding carboxylic acids is 1. The van der Waals surface area contributed by atoms with Crippen molar-refractivity contribution in [1.29, 1.82) is 0 Å². The first-order chi connectivity index (χ1) is 6.88. The van der Waals surface area contributed by atoms with Crippen molar-refractivity contribution in [2.75, 3.05) is 0 Å². The highest BCUT2D eigenvalue weighted by atomic mass is 35.5. The van der Waals surface area contributed by atoms with Crippen LogP contribution in [0, 0.1) is 0 Å². The summed E-state index contributed by atoms with van der Waals surface area (Å²) < 4.78 is 0. The van der Waals surface area contributed by atoms with Crippen LogP contribution in [0.3, 0.4) is 0 Å². The molecule has 0 radical (unpaired) electrons. The molecule has 0 amide bonds. The van der Waals surface area contributed by atoms with Gasteiger partial charge in [-0.25, -0.2) is 0 Å².